The number of amides is 1. The highest BCUT2D eigenvalue weighted by molar-refractivity contribution is 7.15. The lowest BCUT2D eigenvalue weighted by Crippen LogP contribution is -2.44. The van der Waals surface area contributed by atoms with Gasteiger partial charge in [0.2, 0.25) is 5.91 Å². The van der Waals surface area contributed by atoms with Gasteiger partial charge in [0.1, 0.15) is 11.5 Å². The number of aryl methyl sites for hydroxylation is 2. The first-order valence-electron chi connectivity index (χ1n) is 14.2. The number of hydrogen-bond donors (Lipinski definition) is 2. The van der Waals surface area contributed by atoms with Gasteiger partial charge in [-0.1, -0.05) is 13.0 Å². The van der Waals surface area contributed by atoms with E-state index in [1.165, 1.54) is 22.5 Å². The average Bonchev–Trinajstić information content (AvgIpc) is 3.42. The Kier molecular flexibility index (Phi) is 7.08. The number of hydrogen-bond acceptors (Lipinski definition) is 7. The van der Waals surface area contributed by atoms with E-state index in [9.17, 15) is 14.7 Å². The number of carbonyl (C=O) groups is 2. The molecule has 1 aromatic heterocycles. The van der Waals surface area contributed by atoms with Crippen LogP contribution in [0.25, 0.3) is 0 Å². The van der Waals surface area contributed by atoms with Crippen molar-refractivity contribution in [1.82, 2.24) is 9.88 Å². The molecule has 2 saturated carbocycles. The molecule has 2 aromatic rings. The molecule has 0 spiro atoms. The summed E-state index contributed by atoms with van der Waals surface area (Å²) in [6.07, 6.45) is 7.47. The zero-order valence-electron chi connectivity index (χ0n) is 22.5. The van der Waals surface area contributed by atoms with Gasteiger partial charge in [0.25, 0.3) is 0 Å². The Morgan fingerprint density at radius 3 is 2.87 bits per heavy atom. The average molecular weight is 538 g/mol. The molecule has 1 aliphatic heterocycles. The van der Waals surface area contributed by atoms with Gasteiger partial charge >= 0.3 is 0 Å². The summed E-state index contributed by atoms with van der Waals surface area (Å²) < 4.78 is 5.50. The summed E-state index contributed by atoms with van der Waals surface area (Å²) in [5.41, 5.74) is 3.39. The zero-order valence-corrected chi connectivity index (χ0v) is 23.3. The minimum atomic E-state index is -0.278. The molecule has 4 aliphatic rings. The Morgan fingerprint density at radius 1 is 1.29 bits per heavy atom. The number of morpholine rings is 1. The highest BCUT2D eigenvalue weighted by Gasteiger charge is 2.58. The van der Waals surface area contributed by atoms with Gasteiger partial charge in [-0.2, -0.15) is 0 Å². The van der Waals surface area contributed by atoms with Crippen LogP contribution >= 0.6 is 11.3 Å². The van der Waals surface area contributed by atoms with Crippen LogP contribution in [0.3, 0.4) is 0 Å². The second-order valence-corrected chi connectivity index (χ2v) is 13.3. The number of thiazole rings is 1. The molecule has 8 heteroatoms. The summed E-state index contributed by atoms with van der Waals surface area (Å²) in [7, 11) is 0. The van der Waals surface area contributed by atoms with Crippen LogP contribution in [-0.2, 0) is 27.3 Å². The lowest BCUT2D eigenvalue weighted by atomic mass is 9.54. The van der Waals surface area contributed by atoms with Gasteiger partial charge in [-0.3, -0.25) is 14.5 Å². The molecule has 1 amide bonds. The van der Waals surface area contributed by atoms with E-state index >= 15 is 0 Å². The number of Topliss-reactive ketones (excluding diaryl/α,β-unsaturated/α-hetero) is 1. The van der Waals surface area contributed by atoms with Gasteiger partial charge in [0.05, 0.1) is 13.2 Å². The van der Waals surface area contributed by atoms with E-state index in [-0.39, 0.29) is 17.2 Å². The molecule has 3 aliphatic carbocycles. The molecule has 3 fully saturated rings. The van der Waals surface area contributed by atoms with E-state index in [4.69, 9.17) is 4.74 Å². The number of nitrogens with one attached hydrogen (secondary N) is 1. The van der Waals surface area contributed by atoms with Gasteiger partial charge in [0.15, 0.2) is 5.13 Å². The van der Waals surface area contributed by atoms with Gasteiger partial charge in [0, 0.05) is 54.5 Å². The van der Waals surface area contributed by atoms with Crippen molar-refractivity contribution in [1.29, 1.82) is 0 Å². The number of phenolic OH excluding ortho intramolecular Hbond substituents is 1. The van der Waals surface area contributed by atoms with Crippen molar-refractivity contribution in [3.63, 3.8) is 0 Å². The van der Waals surface area contributed by atoms with Gasteiger partial charge < -0.3 is 15.2 Å². The molecule has 6 rings (SSSR count). The van der Waals surface area contributed by atoms with Crippen molar-refractivity contribution in [2.45, 2.75) is 71.3 Å². The molecule has 2 heterocycles. The predicted octanol–water partition coefficient (Wildman–Crippen LogP) is 5.06. The van der Waals surface area contributed by atoms with E-state index < -0.39 is 0 Å². The van der Waals surface area contributed by atoms with Gasteiger partial charge in [-0.15, -0.1) is 11.3 Å². The topological polar surface area (TPSA) is 91.8 Å². The van der Waals surface area contributed by atoms with Crippen molar-refractivity contribution in [3.05, 3.63) is 39.9 Å². The predicted molar refractivity (Wildman–Crippen MR) is 147 cm³/mol. The molecule has 38 heavy (non-hydrogen) atoms. The molecule has 7 nitrogen and oxygen atoms in total. The number of aromatic nitrogens is 1. The quantitative estimate of drug-likeness (QED) is 0.535. The van der Waals surface area contributed by atoms with Crippen molar-refractivity contribution < 1.29 is 19.4 Å². The summed E-state index contributed by atoms with van der Waals surface area (Å²) in [5.74, 6) is 2.22. The molecule has 2 N–H and O–H groups in total. The highest BCUT2D eigenvalue weighted by atomic mass is 32.1. The summed E-state index contributed by atoms with van der Waals surface area (Å²) in [4.78, 5) is 33.8. The molecule has 0 bridgehead atoms. The maximum atomic E-state index is 13.4. The largest absolute Gasteiger partial charge is 0.508 e. The fourth-order valence-corrected chi connectivity index (χ4v) is 8.70. The molecular formula is C30H39N3O4S. The highest BCUT2D eigenvalue weighted by Crippen LogP contribution is 2.62. The number of fused-ring (bicyclic) bond motifs is 5. The van der Waals surface area contributed by atoms with Crippen molar-refractivity contribution >= 4 is 28.2 Å². The van der Waals surface area contributed by atoms with Crippen LogP contribution in [0.2, 0.25) is 0 Å². The third-order valence-electron chi connectivity index (χ3n) is 9.88. The Balaban J connectivity index is 1.20. The first-order valence-corrected chi connectivity index (χ1v) is 15.0. The van der Waals surface area contributed by atoms with E-state index in [1.807, 2.05) is 13.0 Å². The van der Waals surface area contributed by atoms with Crippen LogP contribution in [-0.4, -0.2) is 53.0 Å². The van der Waals surface area contributed by atoms with Crippen LogP contribution in [0.15, 0.2) is 18.3 Å². The Labute approximate surface area is 229 Å². The van der Waals surface area contributed by atoms with E-state index in [1.54, 1.807) is 6.20 Å². The van der Waals surface area contributed by atoms with Gasteiger partial charge in [-0.05, 0) is 79.9 Å². The normalized spacial score (nSPS) is 30.9. The number of ether oxygens (including phenoxy) is 1. The SMILES string of the molecule is Cc1cnc(NC(=O)CC[C@@H]2CC(=O)[C@@]3(C)CCC4c5cc(CN6CCOCC6)c(O)cc5CCC4C23)s1. The zero-order chi connectivity index (χ0) is 26.4. The molecule has 5 atom stereocenters. The number of benzene rings is 1. The van der Waals surface area contributed by atoms with E-state index in [0.29, 0.717) is 47.3 Å². The van der Waals surface area contributed by atoms with E-state index in [2.05, 4.69) is 28.2 Å². The molecular weight excluding hydrogens is 498 g/mol. The summed E-state index contributed by atoms with van der Waals surface area (Å²) in [5, 5.41) is 14.4. The van der Waals surface area contributed by atoms with Gasteiger partial charge in [-0.25, -0.2) is 4.98 Å². The van der Waals surface area contributed by atoms with Crippen molar-refractivity contribution in [2.75, 3.05) is 31.6 Å². The molecule has 0 radical (unpaired) electrons. The van der Waals surface area contributed by atoms with Crippen LogP contribution < -0.4 is 5.32 Å². The molecule has 1 aromatic carbocycles. The van der Waals surface area contributed by atoms with Crippen molar-refractivity contribution in [3.8, 4) is 5.75 Å². The monoisotopic (exact) mass is 537 g/mol. The minimum Gasteiger partial charge on any atom is -0.508 e. The number of phenols is 1. The third-order valence-corrected chi connectivity index (χ3v) is 10.7. The molecule has 3 unspecified atom stereocenters. The second-order valence-electron chi connectivity index (χ2n) is 12.1. The summed E-state index contributed by atoms with van der Waals surface area (Å²) >= 11 is 1.49. The maximum absolute atomic E-state index is 13.4. The maximum Gasteiger partial charge on any atom is 0.226 e. The van der Waals surface area contributed by atoms with E-state index in [0.717, 1.165) is 75.4 Å². The summed E-state index contributed by atoms with van der Waals surface area (Å²) in [6, 6.07) is 4.28. The number of aromatic hydroxyl groups is 1. The Hall–Kier alpha value is -2.29. The number of anilines is 1. The summed E-state index contributed by atoms with van der Waals surface area (Å²) in [6.45, 7) is 8.19. The lowest BCUT2D eigenvalue weighted by Gasteiger charge is -2.50. The minimum absolute atomic E-state index is 0.00928. The molecule has 1 saturated heterocycles. The first kappa shape index (κ1) is 26.0. The molecule has 204 valence electrons. The number of rotatable bonds is 6. The van der Waals surface area contributed by atoms with Crippen LogP contribution in [0.5, 0.6) is 5.75 Å². The number of ketones is 1. The Bertz CT molecular complexity index is 1220. The number of carbonyl (C=O) groups excluding carboxylic acids is 2. The van der Waals surface area contributed by atoms with Crippen LogP contribution in [0.1, 0.15) is 72.9 Å². The Morgan fingerprint density at radius 2 is 2.11 bits per heavy atom. The number of nitrogens with zero attached hydrogens (tertiary/aromatic N) is 2. The first-order chi connectivity index (χ1) is 18.3. The third kappa shape index (κ3) is 4.80. The fourth-order valence-electron chi connectivity index (χ4n) is 8.02. The van der Waals surface area contributed by atoms with Crippen LogP contribution in [0.4, 0.5) is 5.13 Å². The standard InChI is InChI=1S/C30H39N3O4S/c1-18-16-31-29(38-18)32-27(36)6-4-20-15-26(35)30(2)8-7-22-23(28(20)30)5-3-19-14-25(34)21(13-24(19)22)17-33-9-11-37-12-10-33/h13-14,16,20,22-23,28,34H,3-12,15,17H2,1-2H3,(H,31,32,36)/t20-,22?,23?,28?,30-/m1/s1. The lowest BCUT2D eigenvalue weighted by molar-refractivity contribution is -0.129. The van der Waals surface area contributed by atoms with Crippen LogP contribution in [0, 0.1) is 30.1 Å². The van der Waals surface area contributed by atoms with Crippen molar-refractivity contribution in [2.24, 2.45) is 23.2 Å². The smallest absolute Gasteiger partial charge is 0.226 e. The fraction of sp³-hybridized carbons (Fsp3) is 0.633. The second kappa shape index (κ2) is 10.4.